The molecule has 0 aliphatic carbocycles. The fraction of sp³-hybridized carbons (Fsp3) is 0.467. The van der Waals surface area contributed by atoms with Crippen molar-refractivity contribution >= 4 is 5.91 Å². The van der Waals surface area contributed by atoms with Gasteiger partial charge in [-0.3, -0.25) is 9.78 Å². The molecule has 6 heteroatoms. The Hall–Kier alpha value is -2.24. The van der Waals surface area contributed by atoms with E-state index in [1.807, 2.05) is 39.0 Å². The first-order valence-electron chi connectivity index (χ1n) is 7.05. The summed E-state index contributed by atoms with van der Waals surface area (Å²) in [5.41, 5.74) is 0.467. The van der Waals surface area contributed by atoms with Crippen LogP contribution in [0.5, 0.6) is 0 Å². The lowest BCUT2D eigenvalue weighted by Gasteiger charge is -2.24. The summed E-state index contributed by atoms with van der Waals surface area (Å²) in [5, 5.41) is 6.85. The molecule has 2 heterocycles. The standard InChI is InChI=1S/C15H20N4O2/c1-4-15(2,3)18-12(20)8-9-13-17-14(19-21-13)11-7-5-6-10-16-11/h5-7,10H,4,8-9H2,1-3H3,(H,18,20). The lowest BCUT2D eigenvalue weighted by atomic mass is 10.0. The van der Waals surface area contributed by atoms with Crippen molar-refractivity contribution in [3.05, 3.63) is 30.3 Å². The lowest BCUT2D eigenvalue weighted by Crippen LogP contribution is -2.42. The Morgan fingerprint density at radius 1 is 1.38 bits per heavy atom. The van der Waals surface area contributed by atoms with Gasteiger partial charge in [0, 0.05) is 24.6 Å². The highest BCUT2D eigenvalue weighted by molar-refractivity contribution is 5.76. The second-order valence-electron chi connectivity index (χ2n) is 5.51. The number of nitrogens with zero attached hydrogens (tertiary/aromatic N) is 3. The molecule has 0 saturated heterocycles. The van der Waals surface area contributed by atoms with Gasteiger partial charge in [0.15, 0.2) is 0 Å². The number of nitrogens with one attached hydrogen (secondary N) is 1. The third kappa shape index (κ3) is 4.37. The molecule has 2 aromatic heterocycles. The van der Waals surface area contributed by atoms with Gasteiger partial charge in [-0.05, 0) is 32.4 Å². The van der Waals surface area contributed by atoms with Crippen LogP contribution in [-0.4, -0.2) is 26.6 Å². The molecule has 0 unspecified atom stereocenters. The number of pyridine rings is 1. The Labute approximate surface area is 124 Å². The average Bonchev–Trinajstić information content (AvgIpc) is 2.95. The topological polar surface area (TPSA) is 80.9 Å². The van der Waals surface area contributed by atoms with Crippen LogP contribution < -0.4 is 5.32 Å². The Kier molecular flexibility index (Phi) is 4.67. The highest BCUT2D eigenvalue weighted by Gasteiger charge is 2.18. The second kappa shape index (κ2) is 6.47. The van der Waals surface area contributed by atoms with Crippen LogP contribution in [-0.2, 0) is 11.2 Å². The minimum atomic E-state index is -0.189. The normalized spacial score (nSPS) is 11.4. The molecule has 0 bridgehead atoms. The number of amides is 1. The van der Waals surface area contributed by atoms with Crippen molar-refractivity contribution in [2.24, 2.45) is 0 Å². The zero-order valence-corrected chi connectivity index (χ0v) is 12.6. The molecule has 2 aromatic rings. The van der Waals surface area contributed by atoms with Gasteiger partial charge in [-0.25, -0.2) is 0 Å². The first-order valence-corrected chi connectivity index (χ1v) is 7.05. The molecule has 21 heavy (non-hydrogen) atoms. The van der Waals surface area contributed by atoms with Gasteiger partial charge in [-0.15, -0.1) is 0 Å². The van der Waals surface area contributed by atoms with Crippen molar-refractivity contribution in [3.8, 4) is 11.5 Å². The average molecular weight is 288 g/mol. The third-order valence-electron chi connectivity index (χ3n) is 3.29. The monoisotopic (exact) mass is 288 g/mol. The number of aryl methyl sites for hydroxylation is 1. The van der Waals surface area contributed by atoms with Crippen LogP contribution in [0.25, 0.3) is 11.5 Å². The van der Waals surface area contributed by atoms with Crippen LogP contribution in [0.15, 0.2) is 28.9 Å². The van der Waals surface area contributed by atoms with E-state index in [1.54, 1.807) is 6.20 Å². The van der Waals surface area contributed by atoms with Gasteiger partial charge in [-0.1, -0.05) is 18.1 Å². The first kappa shape index (κ1) is 15.2. The van der Waals surface area contributed by atoms with Gasteiger partial charge in [0.05, 0.1) is 0 Å². The molecule has 0 saturated carbocycles. The van der Waals surface area contributed by atoms with E-state index >= 15 is 0 Å². The Balaban J connectivity index is 1.90. The van der Waals surface area contributed by atoms with E-state index in [9.17, 15) is 4.79 Å². The molecular formula is C15H20N4O2. The summed E-state index contributed by atoms with van der Waals surface area (Å²) in [6.07, 6.45) is 3.30. The molecule has 0 aromatic carbocycles. The van der Waals surface area contributed by atoms with Gasteiger partial charge >= 0.3 is 0 Å². The SMILES string of the molecule is CCC(C)(C)NC(=O)CCc1nc(-c2ccccn2)no1. The number of rotatable bonds is 6. The summed E-state index contributed by atoms with van der Waals surface area (Å²) in [6, 6.07) is 5.49. The van der Waals surface area contributed by atoms with Crippen LogP contribution in [0, 0.1) is 0 Å². The zero-order chi connectivity index (χ0) is 15.3. The van der Waals surface area contributed by atoms with Crippen molar-refractivity contribution in [3.63, 3.8) is 0 Å². The van der Waals surface area contributed by atoms with Gasteiger partial charge < -0.3 is 9.84 Å². The smallest absolute Gasteiger partial charge is 0.227 e. The molecule has 112 valence electrons. The summed E-state index contributed by atoms with van der Waals surface area (Å²) in [5.74, 6) is 0.874. The Morgan fingerprint density at radius 2 is 2.19 bits per heavy atom. The van der Waals surface area contributed by atoms with Gasteiger partial charge in [0.25, 0.3) is 0 Å². The molecule has 1 amide bonds. The van der Waals surface area contributed by atoms with Gasteiger partial charge in [0.2, 0.25) is 17.6 Å². The molecule has 0 atom stereocenters. The fourth-order valence-electron chi connectivity index (χ4n) is 1.70. The first-order chi connectivity index (χ1) is 10.00. The summed E-state index contributed by atoms with van der Waals surface area (Å²) < 4.78 is 5.14. The van der Waals surface area contributed by atoms with Crippen LogP contribution in [0.3, 0.4) is 0 Å². The summed E-state index contributed by atoms with van der Waals surface area (Å²) in [6.45, 7) is 6.03. The summed E-state index contributed by atoms with van der Waals surface area (Å²) in [7, 11) is 0. The maximum Gasteiger partial charge on any atom is 0.227 e. The van der Waals surface area contributed by atoms with Crippen LogP contribution in [0.1, 0.15) is 39.5 Å². The Morgan fingerprint density at radius 3 is 2.86 bits per heavy atom. The zero-order valence-electron chi connectivity index (χ0n) is 12.6. The van der Waals surface area contributed by atoms with E-state index in [4.69, 9.17) is 4.52 Å². The van der Waals surface area contributed by atoms with Crippen molar-refractivity contribution < 1.29 is 9.32 Å². The van der Waals surface area contributed by atoms with Crippen molar-refractivity contribution in [1.82, 2.24) is 20.4 Å². The number of aromatic nitrogens is 3. The minimum absolute atomic E-state index is 0.0144. The highest BCUT2D eigenvalue weighted by Crippen LogP contribution is 2.13. The van der Waals surface area contributed by atoms with Crippen LogP contribution >= 0.6 is 0 Å². The Bertz CT molecular complexity index is 593. The van der Waals surface area contributed by atoms with E-state index in [2.05, 4.69) is 20.4 Å². The van der Waals surface area contributed by atoms with E-state index in [1.165, 1.54) is 0 Å². The minimum Gasteiger partial charge on any atom is -0.351 e. The largest absolute Gasteiger partial charge is 0.351 e. The second-order valence-corrected chi connectivity index (χ2v) is 5.51. The molecule has 0 radical (unpaired) electrons. The molecule has 6 nitrogen and oxygen atoms in total. The molecule has 1 N–H and O–H groups in total. The maximum absolute atomic E-state index is 11.9. The summed E-state index contributed by atoms with van der Waals surface area (Å²) in [4.78, 5) is 20.3. The fourth-order valence-corrected chi connectivity index (χ4v) is 1.70. The van der Waals surface area contributed by atoms with Crippen LogP contribution in [0.4, 0.5) is 0 Å². The maximum atomic E-state index is 11.9. The highest BCUT2D eigenvalue weighted by atomic mass is 16.5. The molecular weight excluding hydrogens is 268 g/mol. The quantitative estimate of drug-likeness (QED) is 0.882. The summed E-state index contributed by atoms with van der Waals surface area (Å²) >= 11 is 0. The number of carbonyl (C=O) groups is 1. The van der Waals surface area contributed by atoms with Crippen molar-refractivity contribution in [1.29, 1.82) is 0 Å². The van der Waals surface area contributed by atoms with Crippen molar-refractivity contribution in [2.45, 2.75) is 45.6 Å². The molecule has 2 rings (SSSR count). The van der Waals surface area contributed by atoms with E-state index in [-0.39, 0.29) is 11.4 Å². The van der Waals surface area contributed by atoms with Gasteiger partial charge in [0.1, 0.15) is 5.69 Å². The van der Waals surface area contributed by atoms with Crippen LogP contribution in [0.2, 0.25) is 0 Å². The predicted octanol–water partition coefficient (Wildman–Crippen LogP) is 2.37. The number of carbonyl (C=O) groups excluding carboxylic acids is 1. The molecule has 0 aliphatic rings. The number of hydrogen-bond donors (Lipinski definition) is 1. The third-order valence-corrected chi connectivity index (χ3v) is 3.29. The van der Waals surface area contributed by atoms with E-state index in [0.717, 1.165) is 6.42 Å². The van der Waals surface area contributed by atoms with Crippen molar-refractivity contribution in [2.75, 3.05) is 0 Å². The number of hydrogen-bond acceptors (Lipinski definition) is 5. The molecule has 0 spiro atoms. The lowest BCUT2D eigenvalue weighted by molar-refractivity contribution is -0.122. The van der Waals surface area contributed by atoms with Gasteiger partial charge in [-0.2, -0.15) is 4.98 Å². The molecule has 0 fully saturated rings. The predicted molar refractivity (Wildman–Crippen MR) is 78.4 cm³/mol. The van der Waals surface area contributed by atoms with E-state index in [0.29, 0.717) is 30.3 Å². The molecule has 0 aliphatic heterocycles. The van der Waals surface area contributed by atoms with E-state index < -0.39 is 0 Å².